The number of aryl methyl sites for hydroxylation is 2. The summed E-state index contributed by atoms with van der Waals surface area (Å²) in [6.45, 7) is 5.77. The first kappa shape index (κ1) is 24.9. The van der Waals surface area contributed by atoms with Gasteiger partial charge in [0.1, 0.15) is 6.07 Å². The maximum Gasteiger partial charge on any atom is 0.103 e. The number of rotatable bonds is 9. The Morgan fingerprint density at radius 2 is 1.84 bits per heavy atom. The van der Waals surface area contributed by atoms with Gasteiger partial charge in [0.2, 0.25) is 0 Å². The van der Waals surface area contributed by atoms with Gasteiger partial charge < -0.3 is 15.6 Å². The molecule has 5 aromatic rings. The molecule has 0 saturated carbocycles. The van der Waals surface area contributed by atoms with Gasteiger partial charge in [0.15, 0.2) is 0 Å². The molecule has 188 valence electrons. The van der Waals surface area contributed by atoms with Crippen molar-refractivity contribution in [3.8, 4) is 6.07 Å². The summed E-state index contributed by atoms with van der Waals surface area (Å²) in [5, 5.41) is 18.0. The number of fused-ring (bicyclic) bond motifs is 1. The third-order valence-electron chi connectivity index (χ3n) is 6.76. The fraction of sp³-hybridized carbons (Fsp3) is 0.156. The first-order valence-corrected chi connectivity index (χ1v) is 12.7. The highest BCUT2D eigenvalue weighted by Gasteiger charge is 2.13. The monoisotopic (exact) mass is 498 g/mol. The molecule has 0 bridgehead atoms. The lowest BCUT2D eigenvalue weighted by Crippen LogP contribution is -2.16. The molecule has 0 saturated heterocycles. The van der Waals surface area contributed by atoms with E-state index in [1.807, 2.05) is 37.5 Å². The standard InChI is InChI=1S/C32H30N6/c1-22-28-14-17-36-31(28)12-11-30(22)38-32-27(18-33)21-37-23(2)29(32)10-9-24-5-7-26(8-6-24)20-35-16-13-25-4-3-15-34-19-25/h3-12,14-15,17,19,21,35-36H,13,16,20H2,1-2H3,(H,37,38). The first-order valence-electron chi connectivity index (χ1n) is 12.7. The van der Waals surface area contributed by atoms with Crippen LogP contribution in [0.4, 0.5) is 11.4 Å². The average Bonchev–Trinajstić information content (AvgIpc) is 3.43. The molecular weight excluding hydrogens is 468 g/mol. The van der Waals surface area contributed by atoms with Crippen LogP contribution in [0.25, 0.3) is 23.1 Å². The molecule has 5 rings (SSSR count). The number of nitriles is 1. The van der Waals surface area contributed by atoms with E-state index in [0.29, 0.717) is 5.56 Å². The van der Waals surface area contributed by atoms with Crippen molar-refractivity contribution in [3.05, 3.63) is 118 Å². The van der Waals surface area contributed by atoms with Crippen LogP contribution in [0.3, 0.4) is 0 Å². The van der Waals surface area contributed by atoms with E-state index in [1.54, 1.807) is 12.4 Å². The SMILES string of the molecule is Cc1ncc(C#N)c(Nc2ccc3[nH]ccc3c2C)c1C=Cc1ccc(CNCCc2cccnc2)cc1. The summed E-state index contributed by atoms with van der Waals surface area (Å²) in [4.78, 5) is 11.9. The van der Waals surface area contributed by atoms with E-state index < -0.39 is 0 Å². The number of anilines is 2. The number of hydrogen-bond acceptors (Lipinski definition) is 5. The Hall–Kier alpha value is -4.73. The van der Waals surface area contributed by atoms with Gasteiger partial charge in [-0.1, -0.05) is 42.5 Å². The minimum atomic E-state index is 0.511. The summed E-state index contributed by atoms with van der Waals surface area (Å²) in [5.41, 5.74) is 9.77. The van der Waals surface area contributed by atoms with Crippen LogP contribution in [0.15, 0.2) is 79.4 Å². The molecule has 0 spiro atoms. The topological polar surface area (TPSA) is 89.4 Å². The van der Waals surface area contributed by atoms with E-state index in [1.165, 1.54) is 11.1 Å². The predicted octanol–water partition coefficient (Wildman–Crippen LogP) is 6.69. The van der Waals surface area contributed by atoms with Crippen molar-refractivity contribution >= 4 is 34.4 Å². The highest BCUT2D eigenvalue weighted by Crippen LogP contribution is 2.32. The highest BCUT2D eigenvalue weighted by molar-refractivity contribution is 5.90. The Morgan fingerprint density at radius 1 is 0.974 bits per heavy atom. The van der Waals surface area contributed by atoms with Crippen LogP contribution in [0.1, 0.15) is 39.1 Å². The van der Waals surface area contributed by atoms with Crippen LogP contribution >= 0.6 is 0 Å². The fourth-order valence-electron chi connectivity index (χ4n) is 4.54. The number of hydrogen-bond donors (Lipinski definition) is 3. The first-order chi connectivity index (χ1) is 18.6. The Balaban J connectivity index is 1.30. The quantitative estimate of drug-likeness (QED) is 0.197. The van der Waals surface area contributed by atoms with Gasteiger partial charge in [0.05, 0.1) is 11.3 Å². The molecule has 3 heterocycles. The molecule has 0 aliphatic heterocycles. The number of aromatic amines is 1. The molecule has 0 unspecified atom stereocenters. The average molecular weight is 499 g/mol. The molecule has 6 heteroatoms. The van der Waals surface area contributed by atoms with Crippen molar-refractivity contribution < 1.29 is 0 Å². The minimum Gasteiger partial charge on any atom is -0.361 e. The van der Waals surface area contributed by atoms with Gasteiger partial charge in [-0.3, -0.25) is 9.97 Å². The van der Waals surface area contributed by atoms with E-state index in [0.717, 1.165) is 64.2 Å². The molecule has 2 aromatic carbocycles. The number of H-pyrrole nitrogens is 1. The molecule has 0 radical (unpaired) electrons. The van der Waals surface area contributed by atoms with E-state index in [-0.39, 0.29) is 0 Å². The minimum absolute atomic E-state index is 0.511. The van der Waals surface area contributed by atoms with Crippen molar-refractivity contribution in [3.63, 3.8) is 0 Å². The fourth-order valence-corrected chi connectivity index (χ4v) is 4.54. The normalized spacial score (nSPS) is 11.2. The molecule has 0 aliphatic carbocycles. The molecule has 0 atom stereocenters. The van der Waals surface area contributed by atoms with Gasteiger partial charge in [0, 0.05) is 59.2 Å². The Labute approximate surface area is 223 Å². The molecule has 38 heavy (non-hydrogen) atoms. The second-order valence-electron chi connectivity index (χ2n) is 9.32. The van der Waals surface area contributed by atoms with Crippen LogP contribution in [-0.4, -0.2) is 21.5 Å². The summed E-state index contributed by atoms with van der Waals surface area (Å²) in [6.07, 6.45) is 12.3. The van der Waals surface area contributed by atoms with Gasteiger partial charge in [-0.05, 0) is 73.3 Å². The smallest absolute Gasteiger partial charge is 0.103 e. The van der Waals surface area contributed by atoms with Gasteiger partial charge in [-0.2, -0.15) is 5.26 Å². The maximum absolute atomic E-state index is 9.82. The number of aromatic nitrogens is 3. The van der Waals surface area contributed by atoms with Crippen molar-refractivity contribution in [1.82, 2.24) is 20.3 Å². The molecule has 0 amide bonds. The summed E-state index contributed by atoms with van der Waals surface area (Å²) in [5.74, 6) is 0. The number of benzene rings is 2. The largest absolute Gasteiger partial charge is 0.361 e. The lowest BCUT2D eigenvalue weighted by Gasteiger charge is -2.16. The Morgan fingerprint density at radius 3 is 2.63 bits per heavy atom. The van der Waals surface area contributed by atoms with Crippen molar-refractivity contribution in [1.29, 1.82) is 5.26 Å². The number of nitrogens with one attached hydrogen (secondary N) is 3. The van der Waals surface area contributed by atoms with Crippen LogP contribution in [0, 0.1) is 25.2 Å². The van der Waals surface area contributed by atoms with Gasteiger partial charge in [-0.15, -0.1) is 0 Å². The van der Waals surface area contributed by atoms with E-state index in [9.17, 15) is 5.26 Å². The lowest BCUT2D eigenvalue weighted by molar-refractivity contribution is 0.686. The third kappa shape index (κ3) is 5.64. The second kappa shape index (κ2) is 11.5. The molecule has 0 aliphatic rings. The van der Waals surface area contributed by atoms with Gasteiger partial charge in [-0.25, -0.2) is 0 Å². The van der Waals surface area contributed by atoms with E-state index >= 15 is 0 Å². The second-order valence-corrected chi connectivity index (χ2v) is 9.32. The van der Waals surface area contributed by atoms with Crippen LogP contribution in [0.5, 0.6) is 0 Å². The molecular formula is C32H30N6. The summed E-state index contributed by atoms with van der Waals surface area (Å²) in [6, 6.07) is 21.0. The molecule has 6 nitrogen and oxygen atoms in total. The van der Waals surface area contributed by atoms with Crippen LogP contribution in [0.2, 0.25) is 0 Å². The van der Waals surface area contributed by atoms with Crippen molar-refractivity contribution in [2.45, 2.75) is 26.8 Å². The number of pyridine rings is 2. The van der Waals surface area contributed by atoms with E-state index in [2.05, 4.69) is 87.1 Å². The van der Waals surface area contributed by atoms with E-state index in [4.69, 9.17) is 0 Å². The van der Waals surface area contributed by atoms with Gasteiger partial charge >= 0.3 is 0 Å². The maximum atomic E-state index is 9.82. The zero-order chi connectivity index (χ0) is 26.3. The Kier molecular flexibility index (Phi) is 7.58. The molecule has 0 fully saturated rings. The summed E-state index contributed by atoms with van der Waals surface area (Å²) in [7, 11) is 0. The third-order valence-corrected chi connectivity index (χ3v) is 6.76. The highest BCUT2D eigenvalue weighted by atomic mass is 14.9. The van der Waals surface area contributed by atoms with Crippen LogP contribution in [-0.2, 0) is 13.0 Å². The zero-order valence-corrected chi connectivity index (χ0v) is 21.6. The Bertz CT molecular complexity index is 1610. The number of nitrogens with zero attached hydrogens (tertiary/aromatic N) is 3. The lowest BCUT2D eigenvalue weighted by atomic mass is 10.0. The summed E-state index contributed by atoms with van der Waals surface area (Å²) >= 11 is 0. The van der Waals surface area contributed by atoms with Crippen molar-refractivity contribution in [2.24, 2.45) is 0 Å². The summed E-state index contributed by atoms with van der Waals surface area (Å²) < 4.78 is 0. The molecule has 3 aromatic heterocycles. The van der Waals surface area contributed by atoms with Gasteiger partial charge in [0.25, 0.3) is 0 Å². The molecule has 3 N–H and O–H groups in total. The van der Waals surface area contributed by atoms with Crippen LogP contribution < -0.4 is 10.6 Å². The van der Waals surface area contributed by atoms with Crippen molar-refractivity contribution in [2.75, 3.05) is 11.9 Å². The zero-order valence-electron chi connectivity index (χ0n) is 21.6. The predicted molar refractivity (Wildman–Crippen MR) is 155 cm³/mol.